The topological polar surface area (TPSA) is 32.3 Å². The van der Waals surface area contributed by atoms with Gasteiger partial charge in [0.1, 0.15) is 0 Å². The minimum absolute atomic E-state index is 0.273. The minimum atomic E-state index is 0.273. The van der Waals surface area contributed by atoms with Crippen LogP contribution in [0.15, 0.2) is 24.3 Å². The van der Waals surface area contributed by atoms with Crippen molar-refractivity contribution >= 4 is 5.91 Å². The summed E-state index contributed by atoms with van der Waals surface area (Å²) >= 11 is 0. The second kappa shape index (κ2) is 6.82. The van der Waals surface area contributed by atoms with Crippen molar-refractivity contribution in [1.82, 2.24) is 10.2 Å². The van der Waals surface area contributed by atoms with Gasteiger partial charge >= 0.3 is 0 Å². The molecule has 1 aromatic carbocycles. The molecular weight excluding hydrogens is 272 g/mol. The van der Waals surface area contributed by atoms with E-state index in [2.05, 4.69) is 48.3 Å². The van der Waals surface area contributed by atoms with E-state index < -0.39 is 0 Å². The van der Waals surface area contributed by atoms with Crippen LogP contribution in [0.3, 0.4) is 0 Å². The Bertz CT molecular complexity index is 522. The fourth-order valence-electron chi connectivity index (χ4n) is 3.61. The van der Waals surface area contributed by atoms with E-state index in [1.54, 1.807) is 0 Å². The summed E-state index contributed by atoms with van der Waals surface area (Å²) in [6, 6.07) is 9.18. The molecule has 1 N–H and O–H groups in total. The average Bonchev–Trinajstić information content (AvgIpc) is 2.45. The van der Waals surface area contributed by atoms with Crippen LogP contribution in [0.25, 0.3) is 0 Å². The van der Waals surface area contributed by atoms with Crippen LogP contribution in [0, 0.1) is 11.8 Å². The standard InChI is InChI=1S/C19H28N2O/c1-14(2)18(12-20-19(22)16-8-5-9-16)21-11-10-15-6-3-4-7-17(15)13-21/h3-4,6-7,14,16,18H,5,8-13H2,1-2H3,(H,20,22). The molecule has 0 spiro atoms. The highest BCUT2D eigenvalue weighted by Crippen LogP contribution is 2.27. The first kappa shape index (κ1) is 15.5. The van der Waals surface area contributed by atoms with Crippen molar-refractivity contribution in [3.05, 3.63) is 35.4 Å². The molecule has 3 heteroatoms. The highest BCUT2D eigenvalue weighted by atomic mass is 16.1. The summed E-state index contributed by atoms with van der Waals surface area (Å²) < 4.78 is 0. The maximum atomic E-state index is 12.1. The number of hydrogen-bond donors (Lipinski definition) is 1. The minimum Gasteiger partial charge on any atom is -0.354 e. The second-order valence-electron chi connectivity index (χ2n) is 7.17. The van der Waals surface area contributed by atoms with Gasteiger partial charge in [-0.05, 0) is 36.3 Å². The first-order chi connectivity index (χ1) is 10.6. The smallest absolute Gasteiger partial charge is 0.223 e. The van der Waals surface area contributed by atoms with E-state index in [0.717, 1.165) is 38.9 Å². The lowest BCUT2D eigenvalue weighted by Crippen LogP contribution is -2.49. The number of fused-ring (bicyclic) bond motifs is 1. The molecule has 0 saturated heterocycles. The Labute approximate surface area is 134 Å². The van der Waals surface area contributed by atoms with Crippen molar-refractivity contribution in [2.75, 3.05) is 13.1 Å². The maximum Gasteiger partial charge on any atom is 0.223 e. The Hall–Kier alpha value is -1.35. The molecule has 1 aliphatic heterocycles. The predicted octanol–water partition coefficient (Wildman–Crippen LogP) is 2.99. The molecule has 3 nitrogen and oxygen atoms in total. The van der Waals surface area contributed by atoms with Gasteiger partial charge in [0.15, 0.2) is 0 Å². The predicted molar refractivity (Wildman–Crippen MR) is 89.5 cm³/mol. The third-order valence-electron chi connectivity index (χ3n) is 5.36. The van der Waals surface area contributed by atoms with Gasteiger partial charge in [0, 0.05) is 31.6 Å². The molecule has 22 heavy (non-hydrogen) atoms. The van der Waals surface area contributed by atoms with E-state index in [9.17, 15) is 4.79 Å². The van der Waals surface area contributed by atoms with Gasteiger partial charge in [-0.2, -0.15) is 0 Å². The fraction of sp³-hybridized carbons (Fsp3) is 0.632. The van der Waals surface area contributed by atoms with Gasteiger partial charge in [0.2, 0.25) is 5.91 Å². The summed E-state index contributed by atoms with van der Waals surface area (Å²) in [4.78, 5) is 14.7. The zero-order chi connectivity index (χ0) is 15.5. The highest BCUT2D eigenvalue weighted by Gasteiger charge is 2.29. The molecule has 1 heterocycles. The van der Waals surface area contributed by atoms with Crippen molar-refractivity contribution < 1.29 is 4.79 Å². The van der Waals surface area contributed by atoms with Crippen LogP contribution in [0.2, 0.25) is 0 Å². The summed E-state index contributed by atoms with van der Waals surface area (Å²) in [5.74, 6) is 1.11. The molecule has 0 bridgehead atoms. The van der Waals surface area contributed by atoms with Crippen LogP contribution in [-0.4, -0.2) is 29.9 Å². The van der Waals surface area contributed by atoms with E-state index in [4.69, 9.17) is 0 Å². The molecule has 1 aliphatic carbocycles. The summed E-state index contributed by atoms with van der Waals surface area (Å²) in [7, 11) is 0. The Balaban J connectivity index is 1.60. The Morgan fingerprint density at radius 1 is 1.27 bits per heavy atom. The number of amides is 1. The first-order valence-corrected chi connectivity index (χ1v) is 8.73. The van der Waals surface area contributed by atoms with E-state index >= 15 is 0 Å². The van der Waals surface area contributed by atoms with E-state index in [-0.39, 0.29) is 11.8 Å². The summed E-state index contributed by atoms with van der Waals surface area (Å²) in [6.07, 6.45) is 4.50. The monoisotopic (exact) mass is 300 g/mol. The van der Waals surface area contributed by atoms with Gasteiger partial charge in [-0.15, -0.1) is 0 Å². The van der Waals surface area contributed by atoms with Gasteiger partial charge in [-0.3, -0.25) is 9.69 Å². The van der Waals surface area contributed by atoms with Crippen molar-refractivity contribution in [1.29, 1.82) is 0 Å². The van der Waals surface area contributed by atoms with E-state index in [1.165, 1.54) is 17.5 Å². The van der Waals surface area contributed by atoms with Gasteiger partial charge in [0.25, 0.3) is 0 Å². The number of hydrogen-bond acceptors (Lipinski definition) is 2. The Morgan fingerprint density at radius 3 is 2.64 bits per heavy atom. The number of benzene rings is 1. The van der Waals surface area contributed by atoms with Crippen LogP contribution >= 0.6 is 0 Å². The van der Waals surface area contributed by atoms with Crippen molar-refractivity contribution in [2.45, 2.75) is 52.1 Å². The third kappa shape index (κ3) is 3.35. The normalized spacial score (nSPS) is 20.3. The third-order valence-corrected chi connectivity index (χ3v) is 5.36. The van der Waals surface area contributed by atoms with Crippen LogP contribution in [-0.2, 0) is 17.8 Å². The van der Waals surface area contributed by atoms with Crippen LogP contribution in [0.5, 0.6) is 0 Å². The summed E-state index contributed by atoms with van der Waals surface area (Å²) in [5.41, 5.74) is 2.93. The van der Waals surface area contributed by atoms with Gasteiger partial charge in [0.05, 0.1) is 0 Å². The molecule has 1 aromatic rings. The second-order valence-corrected chi connectivity index (χ2v) is 7.17. The van der Waals surface area contributed by atoms with Crippen LogP contribution in [0.1, 0.15) is 44.2 Å². The zero-order valence-corrected chi connectivity index (χ0v) is 13.8. The molecule has 1 atom stereocenters. The molecule has 3 rings (SSSR count). The molecule has 1 saturated carbocycles. The lowest BCUT2D eigenvalue weighted by molar-refractivity contribution is -0.127. The zero-order valence-electron chi connectivity index (χ0n) is 13.8. The maximum absolute atomic E-state index is 12.1. The number of carbonyl (C=O) groups is 1. The lowest BCUT2D eigenvalue weighted by atomic mass is 9.84. The van der Waals surface area contributed by atoms with Gasteiger partial charge < -0.3 is 5.32 Å². The number of nitrogens with zero attached hydrogens (tertiary/aromatic N) is 1. The average molecular weight is 300 g/mol. The number of carbonyl (C=O) groups excluding carboxylic acids is 1. The van der Waals surface area contributed by atoms with Crippen molar-refractivity contribution in [3.63, 3.8) is 0 Å². The molecule has 120 valence electrons. The molecule has 0 radical (unpaired) electrons. The molecule has 1 fully saturated rings. The highest BCUT2D eigenvalue weighted by molar-refractivity contribution is 5.79. The number of rotatable bonds is 5. The van der Waals surface area contributed by atoms with Crippen molar-refractivity contribution in [3.8, 4) is 0 Å². The number of nitrogens with one attached hydrogen (secondary N) is 1. The fourth-order valence-corrected chi connectivity index (χ4v) is 3.61. The van der Waals surface area contributed by atoms with Crippen LogP contribution < -0.4 is 5.32 Å². The van der Waals surface area contributed by atoms with Gasteiger partial charge in [-0.25, -0.2) is 0 Å². The van der Waals surface area contributed by atoms with Crippen molar-refractivity contribution in [2.24, 2.45) is 11.8 Å². The molecule has 2 aliphatic rings. The Morgan fingerprint density at radius 2 is 2.00 bits per heavy atom. The molecule has 1 unspecified atom stereocenters. The summed E-state index contributed by atoms with van der Waals surface area (Å²) in [6.45, 7) is 7.42. The largest absolute Gasteiger partial charge is 0.354 e. The molecule has 0 aromatic heterocycles. The van der Waals surface area contributed by atoms with E-state index in [0.29, 0.717) is 12.0 Å². The lowest BCUT2D eigenvalue weighted by Gasteiger charge is -2.38. The van der Waals surface area contributed by atoms with Crippen LogP contribution in [0.4, 0.5) is 0 Å². The van der Waals surface area contributed by atoms with Gasteiger partial charge in [-0.1, -0.05) is 44.5 Å². The first-order valence-electron chi connectivity index (χ1n) is 8.73. The SMILES string of the molecule is CC(C)C(CNC(=O)C1CCC1)N1CCc2ccccc2C1. The van der Waals surface area contributed by atoms with E-state index in [1.807, 2.05) is 0 Å². The summed E-state index contributed by atoms with van der Waals surface area (Å²) in [5, 5.41) is 3.21. The molecule has 1 amide bonds. The quantitative estimate of drug-likeness (QED) is 0.906. The molecular formula is C19H28N2O. The Kier molecular flexibility index (Phi) is 4.82.